The van der Waals surface area contributed by atoms with Crippen LogP contribution in [0.2, 0.25) is 0 Å². The van der Waals surface area contributed by atoms with Gasteiger partial charge in [0.1, 0.15) is 16.7 Å². The summed E-state index contributed by atoms with van der Waals surface area (Å²) in [4.78, 5) is 0.681. The molecule has 2 aromatic rings. The zero-order valence-corrected chi connectivity index (χ0v) is 10.7. The number of nitrogen functional groups attached to an aromatic ring is 1. The van der Waals surface area contributed by atoms with Crippen LogP contribution >= 0.6 is 0 Å². The minimum absolute atomic E-state index is 0.653. The number of nitrogens with one attached hydrogen (secondary N) is 1. The van der Waals surface area contributed by atoms with Gasteiger partial charge in [-0.05, 0) is 48.5 Å². The molecule has 3 N–H and O–H groups in total. The molecule has 2 rings (SSSR count). The second-order valence-electron chi connectivity index (χ2n) is 3.67. The number of benzene rings is 2. The Kier molecular flexibility index (Phi) is 3.84. The summed E-state index contributed by atoms with van der Waals surface area (Å²) >= 11 is 0. The van der Waals surface area contributed by atoms with Crippen LogP contribution in [0.4, 0.5) is 11.4 Å². The maximum atomic E-state index is 12.0. The van der Waals surface area contributed by atoms with Gasteiger partial charge in [-0.2, -0.15) is 0 Å². The van der Waals surface area contributed by atoms with E-state index >= 15 is 0 Å². The van der Waals surface area contributed by atoms with Crippen LogP contribution in [0.3, 0.4) is 0 Å². The number of nitrogens with two attached hydrogens (primary N) is 1. The second-order valence-corrected chi connectivity index (χ2v) is 4.88. The molecule has 1 atom stereocenters. The molecule has 4 nitrogen and oxygen atoms in total. The molecular weight excluding hydrogens is 248 g/mol. The highest BCUT2D eigenvalue weighted by Gasteiger charge is 2.03. The summed E-state index contributed by atoms with van der Waals surface area (Å²) in [5, 5.41) is 0. The zero-order chi connectivity index (χ0) is 13.0. The van der Waals surface area contributed by atoms with E-state index in [2.05, 4.69) is 4.72 Å². The number of anilines is 2. The molecule has 0 heterocycles. The van der Waals surface area contributed by atoms with Gasteiger partial charge in [0.05, 0.1) is 12.0 Å². The van der Waals surface area contributed by atoms with Crippen molar-refractivity contribution in [3.63, 3.8) is 0 Å². The third-order valence-electron chi connectivity index (χ3n) is 2.39. The Bertz CT molecular complexity index is 538. The van der Waals surface area contributed by atoms with Gasteiger partial charge in [0.15, 0.2) is 0 Å². The molecule has 0 aliphatic rings. The van der Waals surface area contributed by atoms with Gasteiger partial charge in [-0.25, -0.2) is 4.21 Å². The fraction of sp³-hybridized carbons (Fsp3) is 0.0769. The van der Waals surface area contributed by atoms with Crippen molar-refractivity contribution >= 4 is 22.4 Å². The van der Waals surface area contributed by atoms with E-state index in [0.29, 0.717) is 10.6 Å². The van der Waals surface area contributed by atoms with E-state index in [0.717, 1.165) is 11.4 Å². The highest BCUT2D eigenvalue weighted by atomic mass is 32.2. The molecule has 18 heavy (non-hydrogen) atoms. The first-order chi connectivity index (χ1) is 8.69. The summed E-state index contributed by atoms with van der Waals surface area (Å²) in [5.41, 5.74) is 7.00. The van der Waals surface area contributed by atoms with Crippen LogP contribution in [-0.4, -0.2) is 11.3 Å². The van der Waals surface area contributed by atoms with E-state index in [4.69, 9.17) is 10.5 Å². The maximum Gasteiger partial charge on any atom is 0.150 e. The topological polar surface area (TPSA) is 64.3 Å². The van der Waals surface area contributed by atoms with Gasteiger partial charge < -0.3 is 15.2 Å². The standard InChI is InChI=1S/C13H14N2O2S/c1-17-12-6-4-11(5-7-12)15-18(16)13-8-2-10(14)3-9-13/h2-9,15H,14H2,1H3. The van der Waals surface area contributed by atoms with E-state index in [1.165, 1.54) is 0 Å². The molecule has 0 aromatic heterocycles. The molecule has 0 saturated heterocycles. The molecule has 0 bridgehead atoms. The van der Waals surface area contributed by atoms with E-state index in [-0.39, 0.29) is 0 Å². The molecule has 1 unspecified atom stereocenters. The van der Waals surface area contributed by atoms with Crippen molar-refractivity contribution in [1.82, 2.24) is 0 Å². The Morgan fingerprint density at radius 3 is 2.22 bits per heavy atom. The van der Waals surface area contributed by atoms with Crippen LogP contribution in [0.1, 0.15) is 0 Å². The predicted octanol–water partition coefficient (Wildman–Crippen LogP) is 2.41. The van der Waals surface area contributed by atoms with Crippen molar-refractivity contribution in [3.8, 4) is 5.75 Å². The largest absolute Gasteiger partial charge is 0.497 e. The van der Waals surface area contributed by atoms with Crippen LogP contribution in [0, 0.1) is 0 Å². The smallest absolute Gasteiger partial charge is 0.150 e. The first-order valence-corrected chi connectivity index (χ1v) is 6.52. The SMILES string of the molecule is COc1ccc(NS(=O)c2ccc(N)cc2)cc1. The number of rotatable bonds is 4. The maximum absolute atomic E-state index is 12.0. The molecule has 0 saturated carbocycles. The van der Waals surface area contributed by atoms with Crippen molar-refractivity contribution in [1.29, 1.82) is 0 Å². The molecule has 0 fully saturated rings. The van der Waals surface area contributed by atoms with Gasteiger partial charge >= 0.3 is 0 Å². The van der Waals surface area contributed by atoms with E-state index < -0.39 is 11.0 Å². The number of ether oxygens (including phenoxy) is 1. The van der Waals surface area contributed by atoms with Crippen LogP contribution < -0.4 is 15.2 Å². The third kappa shape index (κ3) is 3.01. The Morgan fingerprint density at radius 1 is 1.06 bits per heavy atom. The normalized spacial score (nSPS) is 11.8. The number of hydrogen-bond donors (Lipinski definition) is 2. The van der Waals surface area contributed by atoms with Crippen molar-refractivity contribution in [2.45, 2.75) is 4.90 Å². The minimum Gasteiger partial charge on any atom is -0.497 e. The summed E-state index contributed by atoms with van der Waals surface area (Å²) in [6.45, 7) is 0. The van der Waals surface area contributed by atoms with Crippen molar-refractivity contribution in [3.05, 3.63) is 48.5 Å². The number of hydrogen-bond acceptors (Lipinski definition) is 3. The van der Waals surface area contributed by atoms with Crippen LogP contribution in [-0.2, 0) is 11.0 Å². The van der Waals surface area contributed by atoms with Gasteiger partial charge in [0, 0.05) is 11.4 Å². The molecule has 0 aliphatic carbocycles. The lowest BCUT2D eigenvalue weighted by Gasteiger charge is -2.07. The summed E-state index contributed by atoms with van der Waals surface area (Å²) in [7, 11) is 0.309. The first kappa shape index (κ1) is 12.4. The van der Waals surface area contributed by atoms with Crippen LogP contribution in [0.5, 0.6) is 5.75 Å². The van der Waals surface area contributed by atoms with Crippen LogP contribution in [0.25, 0.3) is 0 Å². The lowest BCUT2D eigenvalue weighted by molar-refractivity contribution is 0.415. The second kappa shape index (κ2) is 5.55. The molecule has 0 radical (unpaired) electrons. The first-order valence-electron chi connectivity index (χ1n) is 5.37. The van der Waals surface area contributed by atoms with Gasteiger partial charge in [-0.15, -0.1) is 0 Å². The summed E-state index contributed by atoms with van der Waals surface area (Å²) in [6, 6.07) is 14.2. The third-order valence-corrected chi connectivity index (χ3v) is 3.52. The molecule has 0 spiro atoms. The summed E-state index contributed by atoms with van der Waals surface area (Å²) in [5.74, 6) is 0.763. The quantitative estimate of drug-likeness (QED) is 0.832. The van der Waals surface area contributed by atoms with E-state index in [9.17, 15) is 4.21 Å². The fourth-order valence-electron chi connectivity index (χ4n) is 1.42. The molecule has 0 amide bonds. The molecular formula is C13H14N2O2S. The molecule has 2 aromatic carbocycles. The Labute approximate surface area is 108 Å². The minimum atomic E-state index is -1.30. The average molecular weight is 262 g/mol. The van der Waals surface area contributed by atoms with Gasteiger partial charge in [0.25, 0.3) is 0 Å². The highest BCUT2D eigenvalue weighted by Crippen LogP contribution is 2.17. The Morgan fingerprint density at radius 2 is 1.67 bits per heavy atom. The van der Waals surface area contributed by atoms with Crippen molar-refractivity contribution in [2.24, 2.45) is 0 Å². The molecule has 0 aliphatic heterocycles. The van der Waals surface area contributed by atoms with Crippen LogP contribution in [0.15, 0.2) is 53.4 Å². The highest BCUT2D eigenvalue weighted by molar-refractivity contribution is 7.86. The zero-order valence-electron chi connectivity index (χ0n) is 9.92. The Balaban J connectivity index is 2.08. The average Bonchev–Trinajstić information content (AvgIpc) is 2.40. The van der Waals surface area contributed by atoms with Crippen molar-refractivity contribution in [2.75, 3.05) is 17.6 Å². The lowest BCUT2D eigenvalue weighted by Crippen LogP contribution is -2.04. The Hall–Kier alpha value is -2.01. The lowest BCUT2D eigenvalue weighted by atomic mass is 10.3. The van der Waals surface area contributed by atoms with E-state index in [1.807, 2.05) is 24.3 Å². The number of methoxy groups -OCH3 is 1. The molecule has 5 heteroatoms. The van der Waals surface area contributed by atoms with Gasteiger partial charge in [-0.1, -0.05) is 0 Å². The summed E-state index contributed by atoms with van der Waals surface area (Å²) < 4.78 is 20.0. The van der Waals surface area contributed by atoms with Crippen molar-refractivity contribution < 1.29 is 8.95 Å². The molecule has 94 valence electrons. The van der Waals surface area contributed by atoms with Gasteiger partial charge in [0.2, 0.25) is 0 Å². The fourth-order valence-corrected chi connectivity index (χ4v) is 2.27. The predicted molar refractivity (Wildman–Crippen MR) is 73.9 cm³/mol. The van der Waals surface area contributed by atoms with Gasteiger partial charge in [-0.3, -0.25) is 0 Å². The monoisotopic (exact) mass is 262 g/mol. The van der Waals surface area contributed by atoms with E-state index in [1.54, 1.807) is 31.4 Å². The summed E-state index contributed by atoms with van der Waals surface area (Å²) in [6.07, 6.45) is 0.